The minimum absolute atomic E-state index is 0.263. The molecule has 1 aromatic heterocycles. The minimum Gasteiger partial charge on any atom is -0.330 e. The zero-order valence-electron chi connectivity index (χ0n) is 9.02. The van der Waals surface area contributed by atoms with Gasteiger partial charge in [-0.1, -0.05) is 0 Å². The first kappa shape index (κ1) is 10.8. The van der Waals surface area contributed by atoms with Crippen molar-refractivity contribution in [1.29, 1.82) is 0 Å². The molecule has 2 aromatic rings. The summed E-state index contributed by atoms with van der Waals surface area (Å²) in [6.45, 7) is 2.33. The predicted octanol–water partition coefficient (Wildman–Crippen LogP) is 1.22. The number of aromatic nitrogens is 3. The van der Waals surface area contributed by atoms with Gasteiger partial charge in [-0.15, -0.1) is 0 Å². The Bertz CT molecular complexity index is 475. The maximum atomic E-state index is 12.8. The van der Waals surface area contributed by atoms with Crippen LogP contribution in [-0.2, 0) is 6.42 Å². The van der Waals surface area contributed by atoms with E-state index in [0.29, 0.717) is 18.8 Å². The fraction of sp³-hybridized carbons (Fsp3) is 0.273. The van der Waals surface area contributed by atoms with Gasteiger partial charge in [0.15, 0.2) is 0 Å². The second kappa shape index (κ2) is 4.40. The van der Waals surface area contributed by atoms with Crippen molar-refractivity contribution in [2.24, 2.45) is 5.73 Å². The number of halogens is 1. The molecule has 16 heavy (non-hydrogen) atoms. The summed E-state index contributed by atoms with van der Waals surface area (Å²) in [5, 5.41) is 4.26. The van der Waals surface area contributed by atoms with Crippen LogP contribution >= 0.6 is 0 Å². The first-order chi connectivity index (χ1) is 7.70. The molecule has 4 nitrogen and oxygen atoms in total. The van der Waals surface area contributed by atoms with Crippen LogP contribution in [0.1, 0.15) is 11.6 Å². The maximum absolute atomic E-state index is 12.8. The van der Waals surface area contributed by atoms with Crippen molar-refractivity contribution in [2.45, 2.75) is 13.3 Å². The maximum Gasteiger partial charge on any atom is 0.148 e. The molecule has 0 unspecified atom stereocenters. The topological polar surface area (TPSA) is 56.7 Å². The van der Waals surface area contributed by atoms with E-state index in [-0.39, 0.29) is 5.82 Å². The Balaban J connectivity index is 2.42. The highest BCUT2D eigenvalue weighted by Crippen LogP contribution is 2.11. The van der Waals surface area contributed by atoms with Gasteiger partial charge in [0.1, 0.15) is 17.5 Å². The van der Waals surface area contributed by atoms with Gasteiger partial charge in [0.25, 0.3) is 0 Å². The lowest BCUT2D eigenvalue weighted by Gasteiger charge is -2.04. The van der Waals surface area contributed by atoms with Gasteiger partial charge in [-0.05, 0) is 37.7 Å². The van der Waals surface area contributed by atoms with Crippen LogP contribution in [0.2, 0.25) is 0 Å². The second-order valence-corrected chi connectivity index (χ2v) is 3.50. The molecule has 0 bridgehead atoms. The van der Waals surface area contributed by atoms with Gasteiger partial charge >= 0.3 is 0 Å². The van der Waals surface area contributed by atoms with Crippen LogP contribution in [-0.4, -0.2) is 21.3 Å². The Labute approximate surface area is 92.9 Å². The number of rotatable bonds is 3. The molecule has 0 atom stereocenters. The molecule has 0 saturated carbocycles. The highest BCUT2D eigenvalue weighted by Gasteiger charge is 2.08. The third-order valence-corrected chi connectivity index (χ3v) is 2.22. The van der Waals surface area contributed by atoms with Gasteiger partial charge < -0.3 is 5.73 Å². The SMILES string of the molecule is Cc1nc(CCN)n(-c2ccc(F)cc2)n1. The van der Waals surface area contributed by atoms with Crippen molar-refractivity contribution in [1.82, 2.24) is 14.8 Å². The molecule has 1 aromatic carbocycles. The van der Waals surface area contributed by atoms with Crippen LogP contribution in [0.5, 0.6) is 0 Å². The molecule has 0 aliphatic carbocycles. The molecule has 0 spiro atoms. The number of aryl methyl sites for hydroxylation is 1. The minimum atomic E-state index is -0.263. The third kappa shape index (κ3) is 2.09. The number of hydrogen-bond acceptors (Lipinski definition) is 3. The molecule has 84 valence electrons. The summed E-state index contributed by atoms with van der Waals surface area (Å²) in [5.41, 5.74) is 6.30. The van der Waals surface area contributed by atoms with Gasteiger partial charge in [0.2, 0.25) is 0 Å². The van der Waals surface area contributed by atoms with E-state index in [0.717, 1.165) is 11.5 Å². The van der Waals surface area contributed by atoms with E-state index in [4.69, 9.17) is 5.73 Å². The lowest BCUT2D eigenvalue weighted by Crippen LogP contribution is -2.09. The largest absolute Gasteiger partial charge is 0.330 e. The van der Waals surface area contributed by atoms with E-state index in [9.17, 15) is 4.39 Å². The van der Waals surface area contributed by atoms with Crippen molar-refractivity contribution in [3.8, 4) is 5.69 Å². The molecule has 0 radical (unpaired) electrons. The molecule has 0 fully saturated rings. The Morgan fingerprint density at radius 2 is 2.00 bits per heavy atom. The van der Waals surface area contributed by atoms with Crippen LogP contribution < -0.4 is 5.73 Å². The van der Waals surface area contributed by atoms with Crippen molar-refractivity contribution in [3.63, 3.8) is 0 Å². The van der Waals surface area contributed by atoms with Crippen molar-refractivity contribution in [3.05, 3.63) is 41.7 Å². The number of nitrogens with zero attached hydrogens (tertiary/aromatic N) is 3. The molecule has 2 rings (SSSR count). The summed E-state index contributed by atoms with van der Waals surface area (Å²) in [5.74, 6) is 1.22. The Morgan fingerprint density at radius 1 is 1.31 bits per heavy atom. The van der Waals surface area contributed by atoms with Crippen LogP contribution in [0.25, 0.3) is 5.69 Å². The van der Waals surface area contributed by atoms with E-state index in [2.05, 4.69) is 10.1 Å². The van der Waals surface area contributed by atoms with E-state index < -0.39 is 0 Å². The van der Waals surface area contributed by atoms with Crippen molar-refractivity contribution < 1.29 is 4.39 Å². The number of benzene rings is 1. The number of hydrogen-bond donors (Lipinski definition) is 1. The average Bonchev–Trinajstić information content (AvgIpc) is 2.61. The average molecular weight is 220 g/mol. The lowest BCUT2D eigenvalue weighted by molar-refractivity contribution is 0.626. The monoisotopic (exact) mass is 220 g/mol. The molecule has 2 N–H and O–H groups in total. The van der Waals surface area contributed by atoms with E-state index >= 15 is 0 Å². The zero-order valence-corrected chi connectivity index (χ0v) is 9.02. The summed E-state index contributed by atoms with van der Waals surface area (Å²) in [6.07, 6.45) is 0.651. The smallest absolute Gasteiger partial charge is 0.148 e. The molecule has 0 aliphatic heterocycles. The van der Waals surface area contributed by atoms with Crippen LogP contribution in [0.15, 0.2) is 24.3 Å². The van der Waals surface area contributed by atoms with E-state index in [1.165, 1.54) is 12.1 Å². The fourth-order valence-electron chi connectivity index (χ4n) is 1.54. The van der Waals surface area contributed by atoms with Gasteiger partial charge in [-0.3, -0.25) is 0 Å². The lowest BCUT2D eigenvalue weighted by atomic mass is 10.3. The van der Waals surface area contributed by atoms with Gasteiger partial charge in [0, 0.05) is 6.42 Å². The third-order valence-electron chi connectivity index (χ3n) is 2.22. The second-order valence-electron chi connectivity index (χ2n) is 3.50. The Kier molecular flexibility index (Phi) is 2.96. The summed E-state index contributed by atoms with van der Waals surface area (Å²) < 4.78 is 14.5. The highest BCUT2D eigenvalue weighted by molar-refractivity contribution is 5.31. The molecule has 1 heterocycles. The zero-order chi connectivity index (χ0) is 11.5. The molecule has 0 aliphatic rings. The van der Waals surface area contributed by atoms with Gasteiger partial charge in [-0.2, -0.15) is 5.10 Å². The first-order valence-electron chi connectivity index (χ1n) is 5.09. The van der Waals surface area contributed by atoms with E-state index in [1.54, 1.807) is 16.8 Å². The summed E-state index contributed by atoms with van der Waals surface area (Å²) >= 11 is 0. The summed E-state index contributed by atoms with van der Waals surface area (Å²) in [7, 11) is 0. The molecular weight excluding hydrogens is 207 g/mol. The van der Waals surface area contributed by atoms with E-state index in [1.807, 2.05) is 6.92 Å². The highest BCUT2D eigenvalue weighted by atomic mass is 19.1. The number of nitrogens with two attached hydrogens (primary N) is 1. The quantitative estimate of drug-likeness (QED) is 0.846. The summed E-state index contributed by atoms with van der Waals surface area (Å²) in [4.78, 5) is 4.28. The molecule has 0 saturated heterocycles. The van der Waals surface area contributed by atoms with Crippen LogP contribution in [0, 0.1) is 12.7 Å². The first-order valence-corrected chi connectivity index (χ1v) is 5.09. The van der Waals surface area contributed by atoms with Crippen molar-refractivity contribution >= 4 is 0 Å². The Morgan fingerprint density at radius 3 is 2.62 bits per heavy atom. The summed E-state index contributed by atoms with van der Waals surface area (Å²) in [6, 6.07) is 6.14. The molecule has 5 heteroatoms. The van der Waals surface area contributed by atoms with Gasteiger partial charge in [0.05, 0.1) is 5.69 Å². The molecular formula is C11H13FN4. The van der Waals surface area contributed by atoms with Crippen LogP contribution in [0.3, 0.4) is 0 Å². The fourth-order valence-corrected chi connectivity index (χ4v) is 1.54. The predicted molar refractivity (Wildman–Crippen MR) is 58.8 cm³/mol. The van der Waals surface area contributed by atoms with Gasteiger partial charge in [-0.25, -0.2) is 14.1 Å². The standard InChI is InChI=1S/C11H13FN4/c1-8-14-11(6-7-13)16(15-8)10-4-2-9(12)3-5-10/h2-5H,6-7,13H2,1H3. The normalized spacial score (nSPS) is 10.7. The Hall–Kier alpha value is -1.75. The van der Waals surface area contributed by atoms with Crippen molar-refractivity contribution in [2.75, 3.05) is 6.54 Å². The van der Waals surface area contributed by atoms with Crippen LogP contribution in [0.4, 0.5) is 4.39 Å². The molecule has 0 amide bonds.